The minimum Gasteiger partial charge on any atom is -0.381 e. The second-order valence-corrected chi connectivity index (χ2v) is 6.87. The SMILES string of the molecule is COC1CCC(NC(C)Cc2ccc(C)s2)CC1. The third-order valence-electron chi connectivity index (χ3n) is 3.83. The Morgan fingerprint density at radius 3 is 2.61 bits per heavy atom. The minimum atomic E-state index is 0.498. The predicted molar refractivity (Wildman–Crippen MR) is 78.4 cm³/mol. The van der Waals surface area contributed by atoms with Crippen LogP contribution in [0.25, 0.3) is 0 Å². The molecule has 1 aliphatic carbocycles. The van der Waals surface area contributed by atoms with Crippen LogP contribution in [0.1, 0.15) is 42.4 Å². The molecule has 0 amide bonds. The van der Waals surface area contributed by atoms with Crippen molar-refractivity contribution in [3.8, 4) is 0 Å². The van der Waals surface area contributed by atoms with E-state index in [0.717, 1.165) is 6.42 Å². The summed E-state index contributed by atoms with van der Waals surface area (Å²) in [6.45, 7) is 4.48. The number of hydrogen-bond donors (Lipinski definition) is 1. The fourth-order valence-corrected chi connectivity index (χ4v) is 3.84. The zero-order chi connectivity index (χ0) is 13.0. The molecule has 18 heavy (non-hydrogen) atoms. The lowest BCUT2D eigenvalue weighted by molar-refractivity contribution is 0.0614. The van der Waals surface area contributed by atoms with Gasteiger partial charge in [0.05, 0.1) is 6.10 Å². The van der Waals surface area contributed by atoms with Crippen LogP contribution in [-0.4, -0.2) is 25.3 Å². The van der Waals surface area contributed by atoms with Gasteiger partial charge in [0.1, 0.15) is 0 Å². The first-order valence-corrected chi connectivity index (χ1v) is 7.83. The van der Waals surface area contributed by atoms with E-state index in [1.54, 1.807) is 0 Å². The van der Waals surface area contributed by atoms with Crippen LogP contribution in [0.3, 0.4) is 0 Å². The predicted octanol–water partition coefficient (Wildman–Crippen LogP) is 3.53. The van der Waals surface area contributed by atoms with Gasteiger partial charge in [-0.3, -0.25) is 0 Å². The van der Waals surface area contributed by atoms with Gasteiger partial charge >= 0.3 is 0 Å². The Kier molecular flexibility index (Phi) is 5.22. The molecule has 0 spiro atoms. The van der Waals surface area contributed by atoms with E-state index in [1.165, 1.54) is 35.4 Å². The molecule has 1 aromatic heterocycles. The highest BCUT2D eigenvalue weighted by atomic mass is 32.1. The molecule has 1 atom stereocenters. The van der Waals surface area contributed by atoms with Gasteiger partial charge in [-0.2, -0.15) is 0 Å². The van der Waals surface area contributed by atoms with E-state index < -0.39 is 0 Å². The Bertz CT molecular complexity index is 355. The third kappa shape index (κ3) is 4.08. The first-order chi connectivity index (χ1) is 8.67. The van der Waals surface area contributed by atoms with Crippen molar-refractivity contribution in [2.24, 2.45) is 0 Å². The Hall–Kier alpha value is -0.380. The van der Waals surface area contributed by atoms with Gasteiger partial charge in [-0.15, -0.1) is 11.3 Å². The van der Waals surface area contributed by atoms with Gasteiger partial charge in [0.25, 0.3) is 0 Å². The summed E-state index contributed by atoms with van der Waals surface area (Å²) in [6.07, 6.45) is 6.58. The summed E-state index contributed by atoms with van der Waals surface area (Å²) >= 11 is 1.92. The summed E-state index contributed by atoms with van der Waals surface area (Å²) in [4.78, 5) is 2.91. The molecule has 0 radical (unpaired) electrons. The maximum Gasteiger partial charge on any atom is 0.0572 e. The monoisotopic (exact) mass is 267 g/mol. The maximum atomic E-state index is 5.42. The van der Waals surface area contributed by atoms with E-state index in [1.807, 2.05) is 18.4 Å². The smallest absolute Gasteiger partial charge is 0.0572 e. The fourth-order valence-electron chi connectivity index (χ4n) is 2.82. The molecule has 1 saturated carbocycles. The normalized spacial score (nSPS) is 26.2. The van der Waals surface area contributed by atoms with Crippen LogP contribution in [0.15, 0.2) is 12.1 Å². The lowest BCUT2D eigenvalue weighted by atomic mass is 9.92. The topological polar surface area (TPSA) is 21.3 Å². The summed E-state index contributed by atoms with van der Waals surface area (Å²) in [7, 11) is 1.83. The van der Waals surface area contributed by atoms with Crippen LogP contribution in [0, 0.1) is 6.92 Å². The molecule has 1 N–H and O–H groups in total. The molecule has 102 valence electrons. The number of rotatable bonds is 5. The van der Waals surface area contributed by atoms with Gasteiger partial charge in [0.2, 0.25) is 0 Å². The van der Waals surface area contributed by atoms with Crippen molar-refractivity contribution in [1.29, 1.82) is 0 Å². The Labute approximate surface area is 115 Å². The van der Waals surface area contributed by atoms with Crippen molar-refractivity contribution in [2.45, 2.75) is 64.1 Å². The Balaban J connectivity index is 1.73. The second-order valence-electron chi connectivity index (χ2n) is 5.49. The highest BCUT2D eigenvalue weighted by molar-refractivity contribution is 7.11. The number of ether oxygens (including phenoxy) is 1. The Morgan fingerprint density at radius 2 is 2.06 bits per heavy atom. The standard InChI is InChI=1S/C15H25NOS/c1-11(10-15-9-4-12(2)18-15)16-13-5-7-14(17-3)8-6-13/h4,9,11,13-14,16H,5-8,10H2,1-3H3. The summed E-state index contributed by atoms with van der Waals surface area (Å²) in [6, 6.07) is 5.75. The lowest BCUT2D eigenvalue weighted by Gasteiger charge is -2.30. The number of thiophene rings is 1. The van der Waals surface area contributed by atoms with Crippen molar-refractivity contribution < 1.29 is 4.74 Å². The van der Waals surface area contributed by atoms with Gasteiger partial charge in [-0.05, 0) is 58.1 Å². The average Bonchev–Trinajstić information content (AvgIpc) is 2.75. The quantitative estimate of drug-likeness (QED) is 0.881. The van der Waals surface area contributed by atoms with E-state index in [-0.39, 0.29) is 0 Å². The zero-order valence-electron chi connectivity index (χ0n) is 11.7. The molecule has 0 aliphatic heterocycles. The lowest BCUT2D eigenvalue weighted by Crippen LogP contribution is -2.41. The van der Waals surface area contributed by atoms with Crippen molar-refractivity contribution in [1.82, 2.24) is 5.32 Å². The van der Waals surface area contributed by atoms with Gasteiger partial charge in [0, 0.05) is 28.9 Å². The van der Waals surface area contributed by atoms with E-state index >= 15 is 0 Å². The van der Waals surface area contributed by atoms with E-state index in [9.17, 15) is 0 Å². The Morgan fingerprint density at radius 1 is 1.33 bits per heavy atom. The summed E-state index contributed by atoms with van der Waals surface area (Å²) < 4.78 is 5.42. The summed E-state index contributed by atoms with van der Waals surface area (Å²) in [5, 5.41) is 3.77. The molecule has 3 heteroatoms. The van der Waals surface area contributed by atoms with Gasteiger partial charge in [0.15, 0.2) is 0 Å². The molecular formula is C15H25NOS. The molecule has 0 saturated heterocycles. The second kappa shape index (κ2) is 6.69. The number of hydrogen-bond acceptors (Lipinski definition) is 3. The highest BCUT2D eigenvalue weighted by Crippen LogP contribution is 2.22. The average molecular weight is 267 g/mol. The van der Waals surface area contributed by atoms with E-state index in [4.69, 9.17) is 4.74 Å². The molecule has 1 heterocycles. The zero-order valence-corrected chi connectivity index (χ0v) is 12.6. The van der Waals surface area contributed by atoms with Gasteiger partial charge in [-0.25, -0.2) is 0 Å². The molecule has 1 aromatic rings. The number of methoxy groups -OCH3 is 1. The molecule has 1 aliphatic rings. The first kappa shape index (κ1) is 14.0. The molecule has 2 rings (SSSR count). The van der Waals surface area contributed by atoms with E-state index in [0.29, 0.717) is 18.2 Å². The molecular weight excluding hydrogens is 242 g/mol. The third-order valence-corrected chi connectivity index (χ3v) is 4.85. The molecule has 0 bridgehead atoms. The van der Waals surface area contributed by atoms with Gasteiger partial charge < -0.3 is 10.1 Å². The van der Waals surface area contributed by atoms with Gasteiger partial charge in [-0.1, -0.05) is 0 Å². The highest BCUT2D eigenvalue weighted by Gasteiger charge is 2.21. The van der Waals surface area contributed by atoms with E-state index in [2.05, 4.69) is 31.3 Å². The fraction of sp³-hybridized carbons (Fsp3) is 0.733. The van der Waals surface area contributed by atoms with Crippen molar-refractivity contribution >= 4 is 11.3 Å². The van der Waals surface area contributed by atoms with Crippen molar-refractivity contribution in [3.05, 3.63) is 21.9 Å². The van der Waals surface area contributed by atoms with Crippen LogP contribution in [0.2, 0.25) is 0 Å². The van der Waals surface area contributed by atoms with Crippen LogP contribution >= 0.6 is 11.3 Å². The molecule has 1 unspecified atom stereocenters. The van der Waals surface area contributed by atoms with Crippen LogP contribution in [0.4, 0.5) is 0 Å². The van der Waals surface area contributed by atoms with Crippen molar-refractivity contribution in [2.75, 3.05) is 7.11 Å². The van der Waals surface area contributed by atoms with Crippen molar-refractivity contribution in [3.63, 3.8) is 0 Å². The maximum absolute atomic E-state index is 5.42. The first-order valence-electron chi connectivity index (χ1n) is 7.01. The molecule has 1 fully saturated rings. The molecule has 0 aromatic carbocycles. The molecule has 2 nitrogen and oxygen atoms in total. The largest absolute Gasteiger partial charge is 0.381 e. The summed E-state index contributed by atoms with van der Waals surface area (Å²) in [5.41, 5.74) is 0. The number of aryl methyl sites for hydroxylation is 1. The number of nitrogens with one attached hydrogen (secondary N) is 1. The summed E-state index contributed by atoms with van der Waals surface area (Å²) in [5.74, 6) is 0. The van der Waals surface area contributed by atoms with Crippen LogP contribution in [0.5, 0.6) is 0 Å². The minimum absolute atomic E-state index is 0.498. The van der Waals surface area contributed by atoms with Crippen LogP contribution < -0.4 is 5.32 Å². The van der Waals surface area contributed by atoms with Crippen LogP contribution in [-0.2, 0) is 11.2 Å².